The summed E-state index contributed by atoms with van der Waals surface area (Å²) in [6, 6.07) is 14.3. The lowest BCUT2D eigenvalue weighted by Crippen LogP contribution is -2.01. The van der Waals surface area contributed by atoms with Gasteiger partial charge in [-0.05, 0) is 17.7 Å². The molecule has 17 heavy (non-hydrogen) atoms. The number of rotatable bonds is 3. The number of fused-ring (bicyclic) bond motifs is 1. The Bertz CT molecular complexity index is 613. The SMILES string of the molecule is c1ccc(CNc2nccc3cc[nH]c23)cc1. The van der Waals surface area contributed by atoms with E-state index in [1.807, 2.05) is 42.7 Å². The number of H-pyrrole nitrogens is 1. The maximum atomic E-state index is 4.35. The second-order valence-electron chi connectivity index (χ2n) is 3.94. The summed E-state index contributed by atoms with van der Waals surface area (Å²) in [6.07, 6.45) is 3.75. The van der Waals surface area contributed by atoms with Crippen LogP contribution in [0.25, 0.3) is 10.9 Å². The number of hydrogen-bond donors (Lipinski definition) is 2. The molecule has 0 atom stereocenters. The first-order valence-corrected chi connectivity index (χ1v) is 5.63. The fraction of sp³-hybridized carbons (Fsp3) is 0.0714. The number of nitrogens with zero attached hydrogens (tertiary/aromatic N) is 1. The van der Waals surface area contributed by atoms with Gasteiger partial charge in [0.2, 0.25) is 0 Å². The van der Waals surface area contributed by atoms with E-state index in [-0.39, 0.29) is 0 Å². The summed E-state index contributed by atoms with van der Waals surface area (Å²) in [6.45, 7) is 0.784. The molecule has 3 heteroatoms. The Morgan fingerprint density at radius 3 is 2.82 bits per heavy atom. The van der Waals surface area contributed by atoms with Crippen LogP contribution >= 0.6 is 0 Å². The Kier molecular flexibility index (Phi) is 2.50. The Hall–Kier alpha value is -2.29. The topological polar surface area (TPSA) is 40.7 Å². The van der Waals surface area contributed by atoms with Gasteiger partial charge < -0.3 is 10.3 Å². The molecule has 0 unspecified atom stereocenters. The number of aromatic nitrogens is 2. The lowest BCUT2D eigenvalue weighted by molar-refractivity contribution is 1.12. The van der Waals surface area contributed by atoms with Crippen LogP contribution < -0.4 is 5.32 Å². The molecule has 2 N–H and O–H groups in total. The van der Waals surface area contributed by atoms with E-state index in [9.17, 15) is 0 Å². The molecule has 0 radical (unpaired) electrons. The van der Waals surface area contributed by atoms with Gasteiger partial charge in [0.25, 0.3) is 0 Å². The van der Waals surface area contributed by atoms with Gasteiger partial charge in [0.15, 0.2) is 5.82 Å². The summed E-state index contributed by atoms with van der Waals surface area (Å²) in [4.78, 5) is 7.55. The van der Waals surface area contributed by atoms with E-state index in [0.717, 1.165) is 17.9 Å². The van der Waals surface area contributed by atoms with Gasteiger partial charge in [0, 0.05) is 24.3 Å². The van der Waals surface area contributed by atoms with Crippen molar-refractivity contribution in [2.75, 3.05) is 5.32 Å². The quantitative estimate of drug-likeness (QED) is 0.716. The number of benzene rings is 1. The van der Waals surface area contributed by atoms with Crippen molar-refractivity contribution in [2.45, 2.75) is 6.54 Å². The predicted molar refractivity (Wildman–Crippen MR) is 69.9 cm³/mol. The van der Waals surface area contributed by atoms with Crippen molar-refractivity contribution in [3.8, 4) is 0 Å². The van der Waals surface area contributed by atoms with E-state index < -0.39 is 0 Å². The fourth-order valence-electron chi connectivity index (χ4n) is 1.90. The van der Waals surface area contributed by atoms with Crippen LogP contribution in [0.4, 0.5) is 5.82 Å². The molecule has 0 bridgehead atoms. The molecule has 3 rings (SSSR count). The van der Waals surface area contributed by atoms with Crippen molar-refractivity contribution in [2.24, 2.45) is 0 Å². The van der Waals surface area contributed by atoms with E-state index in [1.165, 1.54) is 10.9 Å². The first-order valence-electron chi connectivity index (χ1n) is 5.63. The summed E-state index contributed by atoms with van der Waals surface area (Å²) in [5, 5.41) is 4.52. The van der Waals surface area contributed by atoms with Gasteiger partial charge in [0.1, 0.15) is 0 Å². The van der Waals surface area contributed by atoms with Crippen molar-refractivity contribution >= 4 is 16.7 Å². The summed E-state index contributed by atoms with van der Waals surface area (Å²) in [5.74, 6) is 0.899. The van der Waals surface area contributed by atoms with Crippen LogP contribution in [-0.4, -0.2) is 9.97 Å². The molecule has 1 aromatic carbocycles. The number of hydrogen-bond acceptors (Lipinski definition) is 2. The van der Waals surface area contributed by atoms with Crippen LogP contribution in [0.5, 0.6) is 0 Å². The van der Waals surface area contributed by atoms with Crippen molar-refractivity contribution < 1.29 is 0 Å². The Labute approximate surface area is 99.5 Å². The van der Waals surface area contributed by atoms with Crippen LogP contribution in [0, 0.1) is 0 Å². The van der Waals surface area contributed by atoms with E-state index in [2.05, 4.69) is 27.4 Å². The van der Waals surface area contributed by atoms with E-state index in [4.69, 9.17) is 0 Å². The molecular weight excluding hydrogens is 210 g/mol. The second-order valence-corrected chi connectivity index (χ2v) is 3.94. The first kappa shape index (κ1) is 9.90. The molecule has 0 aliphatic carbocycles. The highest BCUT2D eigenvalue weighted by molar-refractivity contribution is 5.88. The first-order chi connectivity index (χ1) is 8.43. The van der Waals surface area contributed by atoms with Crippen molar-refractivity contribution in [1.29, 1.82) is 0 Å². The maximum Gasteiger partial charge on any atom is 0.150 e. The van der Waals surface area contributed by atoms with Crippen LogP contribution in [0.15, 0.2) is 54.9 Å². The van der Waals surface area contributed by atoms with Crippen molar-refractivity contribution in [3.63, 3.8) is 0 Å². The molecule has 0 saturated carbocycles. The number of anilines is 1. The highest BCUT2D eigenvalue weighted by Gasteiger charge is 2.02. The molecular formula is C14H13N3. The molecule has 0 fully saturated rings. The van der Waals surface area contributed by atoms with Gasteiger partial charge in [-0.1, -0.05) is 30.3 Å². The number of nitrogens with one attached hydrogen (secondary N) is 2. The van der Waals surface area contributed by atoms with Gasteiger partial charge in [-0.15, -0.1) is 0 Å². The molecule has 0 saturated heterocycles. The summed E-state index contributed by atoms with van der Waals surface area (Å²) >= 11 is 0. The predicted octanol–water partition coefficient (Wildman–Crippen LogP) is 3.18. The minimum Gasteiger partial charge on any atom is -0.364 e. The Balaban J connectivity index is 1.84. The highest BCUT2D eigenvalue weighted by atomic mass is 15.0. The molecule has 0 aliphatic heterocycles. The zero-order valence-corrected chi connectivity index (χ0v) is 9.35. The lowest BCUT2D eigenvalue weighted by Gasteiger charge is -2.06. The second kappa shape index (κ2) is 4.29. The molecule has 0 spiro atoms. The number of pyridine rings is 1. The van der Waals surface area contributed by atoms with Crippen LogP contribution in [0.2, 0.25) is 0 Å². The fourth-order valence-corrected chi connectivity index (χ4v) is 1.90. The molecule has 0 amide bonds. The van der Waals surface area contributed by atoms with Crippen molar-refractivity contribution in [3.05, 3.63) is 60.4 Å². The van der Waals surface area contributed by atoms with Crippen LogP contribution in [0.1, 0.15) is 5.56 Å². The smallest absolute Gasteiger partial charge is 0.150 e. The minimum absolute atomic E-state index is 0.784. The van der Waals surface area contributed by atoms with Gasteiger partial charge in [-0.2, -0.15) is 0 Å². The van der Waals surface area contributed by atoms with Crippen LogP contribution in [-0.2, 0) is 6.54 Å². The van der Waals surface area contributed by atoms with Gasteiger partial charge in [-0.25, -0.2) is 4.98 Å². The average molecular weight is 223 g/mol. The standard InChI is InChI=1S/C14H13N3/c1-2-4-11(5-3-1)10-17-14-13-12(6-8-15-13)7-9-16-14/h1-9,15H,10H2,(H,16,17). The van der Waals surface area contributed by atoms with Gasteiger partial charge in [-0.3, -0.25) is 0 Å². The van der Waals surface area contributed by atoms with Gasteiger partial charge >= 0.3 is 0 Å². The lowest BCUT2D eigenvalue weighted by atomic mass is 10.2. The van der Waals surface area contributed by atoms with E-state index >= 15 is 0 Å². The Morgan fingerprint density at radius 1 is 1.06 bits per heavy atom. The summed E-state index contributed by atoms with van der Waals surface area (Å²) in [7, 11) is 0. The number of aromatic amines is 1. The monoisotopic (exact) mass is 223 g/mol. The molecule has 2 aromatic heterocycles. The summed E-state index contributed by atoms with van der Waals surface area (Å²) < 4.78 is 0. The molecule has 0 aliphatic rings. The third-order valence-corrected chi connectivity index (χ3v) is 2.78. The van der Waals surface area contributed by atoms with Crippen LogP contribution in [0.3, 0.4) is 0 Å². The third kappa shape index (κ3) is 1.99. The minimum atomic E-state index is 0.784. The molecule has 84 valence electrons. The van der Waals surface area contributed by atoms with E-state index in [0.29, 0.717) is 0 Å². The zero-order valence-electron chi connectivity index (χ0n) is 9.35. The average Bonchev–Trinajstić information content (AvgIpc) is 2.86. The normalized spacial score (nSPS) is 10.6. The highest BCUT2D eigenvalue weighted by Crippen LogP contribution is 2.19. The third-order valence-electron chi connectivity index (χ3n) is 2.78. The maximum absolute atomic E-state index is 4.35. The molecule has 3 nitrogen and oxygen atoms in total. The summed E-state index contributed by atoms with van der Waals surface area (Å²) in [5.41, 5.74) is 2.31. The molecule has 2 heterocycles. The Morgan fingerprint density at radius 2 is 1.94 bits per heavy atom. The van der Waals surface area contributed by atoms with E-state index in [1.54, 1.807) is 0 Å². The largest absolute Gasteiger partial charge is 0.364 e. The van der Waals surface area contributed by atoms with Gasteiger partial charge in [0.05, 0.1) is 5.52 Å². The van der Waals surface area contributed by atoms with Crippen molar-refractivity contribution in [1.82, 2.24) is 9.97 Å². The zero-order chi connectivity index (χ0) is 11.5. The molecule has 3 aromatic rings.